The van der Waals surface area contributed by atoms with Crippen LogP contribution in [0, 0.1) is 0 Å². The molecular weight excluding hydrogens is 266 g/mol. The van der Waals surface area contributed by atoms with E-state index >= 15 is 0 Å². The second-order valence-corrected chi connectivity index (χ2v) is 4.87. The van der Waals surface area contributed by atoms with Gasteiger partial charge >= 0.3 is 0 Å². The molecule has 2 heteroatoms. The smallest absolute Gasteiger partial charge is 0.00489 e. The van der Waals surface area contributed by atoms with Gasteiger partial charge in [0.25, 0.3) is 0 Å². The van der Waals surface area contributed by atoms with Crippen molar-refractivity contribution in [2.75, 3.05) is 13.1 Å². The SMILES string of the molecule is CCNCCCCc1ccc(-c2ccccc2)cc1.Cl. The predicted octanol–water partition coefficient (Wildman–Crippen LogP) is 4.71. The molecule has 0 spiro atoms. The maximum Gasteiger partial charge on any atom is -0.00489 e. The van der Waals surface area contributed by atoms with Gasteiger partial charge in [-0.1, -0.05) is 61.5 Å². The highest BCUT2D eigenvalue weighted by Gasteiger charge is 1.97. The third-order valence-corrected chi connectivity index (χ3v) is 3.38. The van der Waals surface area contributed by atoms with Crippen molar-refractivity contribution in [1.82, 2.24) is 5.32 Å². The fourth-order valence-electron chi connectivity index (χ4n) is 2.25. The van der Waals surface area contributed by atoms with Crippen molar-refractivity contribution in [2.45, 2.75) is 26.2 Å². The Labute approximate surface area is 128 Å². The lowest BCUT2D eigenvalue weighted by Crippen LogP contribution is -2.13. The molecular formula is C18H24ClN. The van der Waals surface area contributed by atoms with Gasteiger partial charge in [0, 0.05) is 0 Å². The minimum atomic E-state index is 0. The highest BCUT2D eigenvalue weighted by atomic mass is 35.5. The van der Waals surface area contributed by atoms with Crippen molar-refractivity contribution in [1.29, 1.82) is 0 Å². The van der Waals surface area contributed by atoms with Gasteiger partial charge < -0.3 is 5.32 Å². The number of benzene rings is 2. The third kappa shape index (κ3) is 5.36. The van der Waals surface area contributed by atoms with Crippen LogP contribution in [-0.4, -0.2) is 13.1 Å². The minimum Gasteiger partial charge on any atom is -0.317 e. The Kier molecular flexibility index (Phi) is 8.01. The summed E-state index contributed by atoms with van der Waals surface area (Å²) in [6.45, 7) is 4.37. The second-order valence-electron chi connectivity index (χ2n) is 4.87. The molecule has 0 atom stereocenters. The normalized spacial score (nSPS) is 10.1. The molecule has 0 aliphatic carbocycles. The van der Waals surface area contributed by atoms with E-state index in [2.05, 4.69) is 66.8 Å². The molecule has 108 valence electrons. The highest BCUT2D eigenvalue weighted by molar-refractivity contribution is 5.85. The van der Waals surface area contributed by atoms with Gasteiger partial charge in [-0.15, -0.1) is 12.4 Å². The van der Waals surface area contributed by atoms with Crippen molar-refractivity contribution in [3.63, 3.8) is 0 Å². The van der Waals surface area contributed by atoms with Crippen LogP contribution < -0.4 is 5.32 Å². The quantitative estimate of drug-likeness (QED) is 0.728. The molecule has 2 rings (SSSR count). The lowest BCUT2D eigenvalue weighted by Gasteiger charge is -2.05. The van der Waals surface area contributed by atoms with E-state index in [9.17, 15) is 0 Å². The number of halogens is 1. The Bertz CT molecular complexity index is 465. The van der Waals surface area contributed by atoms with Gasteiger partial charge in [-0.3, -0.25) is 0 Å². The number of hydrogen-bond donors (Lipinski definition) is 1. The van der Waals surface area contributed by atoms with Crippen LogP contribution in [0.1, 0.15) is 25.3 Å². The summed E-state index contributed by atoms with van der Waals surface area (Å²) in [6, 6.07) is 19.5. The highest BCUT2D eigenvalue weighted by Crippen LogP contribution is 2.19. The van der Waals surface area contributed by atoms with E-state index in [-0.39, 0.29) is 12.4 Å². The van der Waals surface area contributed by atoms with Crippen LogP contribution in [0.3, 0.4) is 0 Å². The van der Waals surface area contributed by atoms with E-state index in [4.69, 9.17) is 0 Å². The van der Waals surface area contributed by atoms with E-state index in [0.29, 0.717) is 0 Å². The van der Waals surface area contributed by atoms with Gasteiger partial charge in [-0.2, -0.15) is 0 Å². The summed E-state index contributed by atoms with van der Waals surface area (Å²) in [4.78, 5) is 0. The van der Waals surface area contributed by atoms with Crippen LogP contribution in [0.4, 0.5) is 0 Å². The Morgan fingerprint density at radius 3 is 2.10 bits per heavy atom. The molecule has 20 heavy (non-hydrogen) atoms. The number of hydrogen-bond acceptors (Lipinski definition) is 1. The first-order valence-corrected chi connectivity index (χ1v) is 7.25. The van der Waals surface area contributed by atoms with Crippen molar-refractivity contribution >= 4 is 12.4 Å². The monoisotopic (exact) mass is 289 g/mol. The molecule has 0 aliphatic rings. The molecule has 2 aromatic rings. The van der Waals surface area contributed by atoms with Crippen LogP contribution in [0.5, 0.6) is 0 Å². The van der Waals surface area contributed by atoms with E-state index in [1.165, 1.54) is 36.0 Å². The molecule has 0 unspecified atom stereocenters. The zero-order chi connectivity index (χ0) is 13.3. The van der Waals surface area contributed by atoms with Gasteiger partial charge in [0.2, 0.25) is 0 Å². The lowest BCUT2D eigenvalue weighted by molar-refractivity contribution is 0.641. The summed E-state index contributed by atoms with van der Waals surface area (Å²) in [5.41, 5.74) is 4.04. The van der Waals surface area contributed by atoms with E-state index in [1.807, 2.05) is 0 Å². The summed E-state index contributed by atoms with van der Waals surface area (Å²) in [5.74, 6) is 0. The van der Waals surface area contributed by atoms with E-state index in [0.717, 1.165) is 13.1 Å². The summed E-state index contributed by atoms with van der Waals surface area (Å²) >= 11 is 0. The van der Waals surface area contributed by atoms with Gasteiger partial charge in [-0.05, 0) is 49.0 Å². The van der Waals surface area contributed by atoms with E-state index < -0.39 is 0 Å². The summed E-state index contributed by atoms with van der Waals surface area (Å²) in [7, 11) is 0. The van der Waals surface area contributed by atoms with Crippen molar-refractivity contribution in [3.8, 4) is 11.1 Å². The lowest BCUT2D eigenvalue weighted by atomic mass is 10.0. The van der Waals surface area contributed by atoms with Crippen molar-refractivity contribution in [3.05, 3.63) is 60.2 Å². The molecule has 0 aromatic heterocycles. The van der Waals surface area contributed by atoms with Crippen molar-refractivity contribution in [2.24, 2.45) is 0 Å². The number of aryl methyl sites for hydroxylation is 1. The van der Waals surface area contributed by atoms with Crippen LogP contribution in [0.2, 0.25) is 0 Å². The van der Waals surface area contributed by atoms with E-state index in [1.54, 1.807) is 0 Å². The summed E-state index contributed by atoms with van der Waals surface area (Å²) < 4.78 is 0. The topological polar surface area (TPSA) is 12.0 Å². The summed E-state index contributed by atoms with van der Waals surface area (Å²) in [6.07, 6.45) is 3.70. The molecule has 0 saturated heterocycles. The van der Waals surface area contributed by atoms with Crippen LogP contribution in [0.25, 0.3) is 11.1 Å². The second kappa shape index (κ2) is 9.57. The average molecular weight is 290 g/mol. The largest absolute Gasteiger partial charge is 0.317 e. The molecule has 0 amide bonds. The average Bonchev–Trinajstić information content (AvgIpc) is 2.49. The molecule has 0 fully saturated rings. The minimum absolute atomic E-state index is 0. The first-order valence-electron chi connectivity index (χ1n) is 7.25. The predicted molar refractivity (Wildman–Crippen MR) is 90.6 cm³/mol. The molecule has 0 radical (unpaired) electrons. The number of nitrogens with one attached hydrogen (secondary N) is 1. The first-order chi connectivity index (χ1) is 9.40. The van der Waals surface area contributed by atoms with Crippen LogP contribution >= 0.6 is 12.4 Å². The fourth-order valence-corrected chi connectivity index (χ4v) is 2.25. The van der Waals surface area contributed by atoms with Gasteiger partial charge in [0.05, 0.1) is 0 Å². The molecule has 0 aliphatic heterocycles. The fraction of sp³-hybridized carbons (Fsp3) is 0.333. The van der Waals surface area contributed by atoms with Gasteiger partial charge in [-0.25, -0.2) is 0 Å². The number of unbranched alkanes of at least 4 members (excludes halogenated alkanes) is 1. The molecule has 1 N–H and O–H groups in total. The molecule has 1 nitrogen and oxygen atoms in total. The standard InChI is InChI=1S/C18H23N.ClH/c1-2-19-15-7-6-8-16-11-13-18(14-12-16)17-9-4-3-5-10-17;/h3-5,9-14,19H,2,6-8,15H2,1H3;1H. The Hall–Kier alpha value is -1.31. The van der Waals surface area contributed by atoms with Crippen LogP contribution in [-0.2, 0) is 6.42 Å². The number of rotatable bonds is 7. The Balaban J connectivity index is 0.00000200. The molecule has 0 heterocycles. The van der Waals surface area contributed by atoms with Crippen molar-refractivity contribution < 1.29 is 0 Å². The first kappa shape index (κ1) is 16.7. The third-order valence-electron chi connectivity index (χ3n) is 3.38. The Morgan fingerprint density at radius 1 is 0.800 bits per heavy atom. The zero-order valence-corrected chi connectivity index (χ0v) is 13.0. The maximum absolute atomic E-state index is 3.37. The maximum atomic E-state index is 3.37. The van der Waals surface area contributed by atoms with Crippen LogP contribution in [0.15, 0.2) is 54.6 Å². The van der Waals surface area contributed by atoms with Gasteiger partial charge in [0.1, 0.15) is 0 Å². The zero-order valence-electron chi connectivity index (χ0n) is 12.1. The molecule has 0 saturated carbocycles. The summed E-state index contributed by atoms with van der Waals surface area (Å²) in [5, 5.41) is 3.37. The van der Waals surface area contributed by atoms with Gasteiger partial charge in [0.15, 0.2) is 0 Å². The molecule has 0 bridgehead atoms. The molecule has 2 aromatic carbocycles. The Morgan fingerprint density at radius 2 is 1.45 bits per heavy atom.